The molecule has 4 nitrogen and oxygen atoms in total. The monoisotopic (exact) mass is 356 g/mol. The number of hydrogen-bond donors (Lipinski definition) is 0. The van der Waals surface area contributed by atoms with Crippen LogP contribution in [0.5, 0.6) is 0 Å². The summed E-state index contributed by atoms with van der Waals surface area (Å²) in [6.45, 7) is 2.32. The molecular formula is C18H16N2O2S2. The van der Waals surface area contributed by atoms with Crippen molar-refractivity contribution < 1.29 is 8.83 Å². The van der Waals surface area contributed by atoms with E-state index in [0.717, 1.165) is 29.4 Å². The van der Waals surface area contributed by atoms with Crippen molar-refractivity contribution in [2.45, 2.75) is 19.6 Å². The molecule has 0 unspecified atom stereocenters. The van der Waals surface area contributed by atoms with Gasteiger partial charge < -0.3 is 8.83 Å². The average Bonchev–Trinajstić information content (AvgIpc) is 3.37. The lowest BCUT2D eigenvalue weighted by atomic mass is 10.3. The topological polar surface area (TPSA) is 42.4 Å². The fraction of sp³-hybridized carbons (Fsp3) is 0.167. The van der Waals surface area contributed by atoms with Gasteiger partial charge in [0.15, 0.2) is 0 Å². The van der Waals surface area contributed by atoms with E-state index in [2.05, 4.69) is 27.4 Å². The summed E-state index contributed by atoms with van der Waals surface area (Å²) >= 11 is 3.40. The van der Waals surface area contributed by atoms with Crippen molar-refractivity contribution in [2.24, 2.45) is 0 Å². The SMILES string of the molecule is c1coc(CN(Cc2coc(-c3cccs3)n2)Cc2cccs2)c1. The third-order valence-corrected chi connectivity index (χ3v) is 5.31. The maximum absolute atomic E-state index is 5.63. The van der Waals surface area contributed by atoms with Crippen molar-refractivity contribution in [3.05, 3.63) is 76.0 Å². The molecule has 0 atom stereocenters. The van der Waals surface area contributed by atoms with Crippen molar-refractivity contribution in [3.63, 3.8) is 0 Å². The van der Waals surface area contributed by atoms with Gasteiger partial charge in [-0.25, -0.2) is 4.98 Å². The lowest BCUT2D eigenvalue weighted by Crippen LogP contribution is -2.21. The molecule has 0 aliphatic heterocycles. The molecule has 0 aliphatic carbocycles. The van der Waals surface area contributed by atoms with Crippen LogP contribution in [0.4, 0.5) is 0 Å². The number of nitrogens with zero attached hydrogens (tertiary/aromatic N) is 2. The van der Waals surface area contributed by atoms with Gasteiger partial charge in [0.25, 0.3) is 0 Å². The number of hydrogen-bond acceptors (Lipinski definition) is 6. The van der Waals surface area contributed by atoms with Gasteiger partial charge in [-0.1, -0.05) is 12.1 Å². The van der Waals surface area contributed by atoms with E-state index in [1.165, 1.54) is 4.88 Å². The van der Waals surface area contributed by atoms with Crippen LogP contribution < -0.4 is 0 Å². The van der Waals surface area contributed by atoms with Gasteiger partial charge in [-0.15, -0.1) is 22.7 Å². The molecular weight excluding hydrogens is 340 g/mol. The minimum Gasteiger partial charge on any atom is -0.468 e. The first kappa shape index (κ1) is 15.4. The predicted molar refractivity (Wildman–Crippen MR) is 95.8 cm³/mol. The first-order chi connectivity index (χ1) is 11.9. The minimum atomic E-state index is 0.689. The summed E-state index contributed by atoms with van der Waals surface area (Å²) in [5, 5.41) is 4.13. The number of furan rings is 1. The molecule has 0 N–H and O–H groups in total. The van der Waals surface area contributed by atoms with Crippen LogP contribution in [0.25, 0.3) is 10.8 Å². The highest BCUT2D eigenvalue weighted by atomic mass is 32.1. The van der Waals surface area contributed by atoms with E-state index in [-0.39, 0.29) is 0 Å². The normalized spacial score (nSPS) is 11.4. The Bertz CT molecular complexity index is 813. The summed E-state index contributed by atoms with van der Waals surface area (Å²) in [5.41, 5.74) is 0.932. The Labute approximate surface area is 148 Å². The van der Waals surface area contributed by atoms with E-state index in [4.69, 9.17) is 8.83 Å². The Morgan fingerprint density at radius 3 is 2.58 bits per heavy atom. The molecule has 0 saturated carbocycles. The number of rotatable bonds is 7. The van der Waals surface area contributed by atoms with Crippen LogP contribution >= 0.6 is 22.7 Å². The van der Waals surface area contributed by atoms with Crippen molar-refractivity contribution in [3.8, 4) is 10.8 Å². The summed E-state index contributed by atoms with van der Waals surface area (Å²) in [6.07, 6.45) is 3.46. The van der Waals surface area contributed by atoms with Crippen LogP contribution in [0, 0.1) is 0 Å². The molecule has 6 heteroatoms. The number of oxazole rings is 1. The van der Waals surface area contributed by atoms with Crippen LogP contribution in [0.2, 0.25) is 0 Å². The van der Waals surface area contributed by atoms with Crippen LogP contribution in [0.3, 0.4) is 0 Å². The van der Waals surface area contributed by atoms with Crippen molar-refractivity contribution in [1.82, 2.24) is 9.88 Å². The molecule has 4 rings (SSSR count). The van der Waals surface area contributed by atoms with E-state index in [0.29, 0.717) is 12.4 Å². The smallest absolute Gasteiger partial charge is 0.236 e. The highest BCUT2D eigenvalue weighted by Crippen LogP contribution is 2.24. The van der Waals surface area contributed by atoms with Gasteiger partial charge in [0.1, 0.15) is 12.0 Å². The largest absolute Gasteiger partial charge is 0.468 e. The zero-order chi connectivity index (χ0) is 16.2. The molecule has 0 amide bonds. The lowest BCUT2D eigenvalue weighted by molar-refractivity contribution is 0.226. The number of aromatic nitrogens is 1. The standard InChI is InChI=1S/C18H16N2O2S2/c1-4-15(21-7-1)11-20(12-16-5-2-8-23-16)10-14-13-22-18(19-14)17-6-3-9-24-17/h1-9,13H,10-12H2. The van der Waals surface area contributed by atoms with Crippen molar-refractivity contribution >= 4 is 22.7 Å². The average molecular weight is 356 g/mol. The fourth-order valence-corrected chi connectivity index (χ4v) is 3.94. The molecule has 0 fully saturated rings. The minimum absolute atomic E-state index is 0.689. The quantitative estimate of drug-likeness (QED) is 0.453. The third kappa shape index (κ3) is 3.67. The molecule has 4 heterocycles. The molecule has 0 spiro atoms. The summed E-state index contributed by atoms with van der Waals surface area (Å²) < 4.78 is 11.1. The van der Waals surface area contributed by atoms with E-state index >= 15 is 0 Å². The van der Waals surface area contributed by atoms with Gasteiger partial charge in [-0.2, -0.15) is 0 Å². The molecule has 0 bridgehead atoms. The Morgan fingerprint density at radius 2 is 1.83 bits per heavy atom. The summed E-state index contributed by atoms with van der Waals surface area (Å²) in [7, 11) is 0. The molecule has 0 aliphatic rings. The van der Waals surface area contributed by atoms with Crippen LogP contribution in [-0.2, 0) is 19.6 Å². The summed E-state index contributed by atoms with van der Waals surface area (Å²) in [5.74, 6) is 1.64. The van der Waals surface area contributed by atoms with Crippen molar-refractivity contribution in [2.75, 3.05) is 0 Å². The van der Waals surface area contributed by atoms with Gasteiger partial charge in [-0.3, -0.25) is 4.90 Å². The Morgan fingerprint density at radius 1 is 0.917 bits per heavy atom. The predicted octanol–water partition coefficient (Wildman–Crippen LogP) is 5.26. The summed E-state index contributed by atoms with van der Waals surface area (Å²) in [4.78, 5) is 9.31. The van der Waals surface area contributed by atoms with Gasteiger partial charge in [0.2, 0.25) is 5.89 Å². The molecule has 0 aromatic carbocycles. The Kier molecular flexibility index (Phi) is 4.60. The van der Waals surface area contributed by atoms with E-state index in [9.17, 15) is 0 Å². The first-order valence-electron chi connectivity index (χ1n) is 7.62. The van der Waals surface area contributed by atoms with Crippen LogP contribution in [0.1, 0.15) is 16.3 Å². The van der Waals surface area contributed by atoms with Gasteiger partial charge in [0, 0.05) is 18.0 Å². The van der Waals surface area contributed by atoms with E-state index in [1.54, 1.807) is 35.2 Å². The zero-order valence-corrected chi connectivity index (χ0v) is 14.6. The summed E-state index contributed by atoms with van der Waals surface area (Å²) in [6, 6.07) is 12.2. The van der Waals surface area contributed by atoms with Gasteiger partial charge >= 0.3 is 0 Å². The zero-order valence-electron chi connectivity index (χ0n) is 12.9. The lowest BCUT2D eigenvalue weighted by Gasteiger charge is -2.19. The Balaban J connectivity index is 1.50. The molecule has 0 radical (unpaired) electrons. The van der Waals surface area contributed by atoms with E-state index in [1.807, 2.05) is 29.6 Å². The van der Waals surface area contributed by atoms with E-state index < -0.39 is 0 Å². The fourth-order valence-electron chi connectivity index (χ4n) is 2.54. The second-order valence-electron chi connectivity index (χ2n) is 5.43. The Hall–Kier alpha value is -2.15. The molecule has 24 heavy (non-hydrogen) atoms. The second kappa shape index (κ2) is 7.17. The number of thiophene rings is 2. The second-order valence-corrected chi connectivity index (χ2v) is 7.41. The molecule has 122 valence electrons. The highest BCUT2D eigenvalue weighted by Gasteiger charge is 2.14. The van der Waals surface area contributed by atoms with Crippen LogP contribution in [-0.4, -0.2) is 9.88 Å². The highest BCUT2D eigenvalue weighted by molar-refractivity contribution is 7.13. The maximum Gasteiger partial charge on any atom is 0.236 e. The third-order valence-electron chi connectivity index (χ3n) is 3.59. The molecule has 0 saturated heterocycles. The van der Waals surface area contributed by atoms with Gasteiger partial charge in [0.05, 0.1) is 23.4 Å². The van der Waals surface area contributed by atoms with Gasteiger partial charge in [-0.05, 0) is 35.0 Å². The van der Waals surface area contributed by atoms with Crippen molar-refractivity contribution in [1.29, 1.82) is 0 Å². The molecule has 4 aromatic rings. The van der Waals surface area contributed by atoms with Crippen LogP contribution in [0.15, 0.2) is 68.5 Å². The molecule has 4 aromatic heterocycles. The maximum atomic E-state index is 5.63. The first-order valence-corrected chi connectivity index (χ1v) is 9.38.